The number of rotatable bonds is 6. The van der Waals surface area contributed by atoms with Crippen LogP contribution < -0.4 is 5.32 Å². The van der Waals surface area contributed by atoms with Crippen LogP contribution in [0.3, 0.4) is 0 Å². The highest BCUT2D eigenvalue weighted by molar-refractivity contribution is 6.36. The summed E-state index contributed by atoms with van der Waals surface area (Å²) in [6, 6.07) is 15.2. The highest BCUT2D eigenvalue weighted by Crippen LogP contribution is 2.29. The van der Waals surface area contributed by atoms with E-state index in [4.69, 9.17) is 27.7 Å². The van der Waals surface area contributed by atoms with Crippen LogP contribution in [0.15, 0.2) is 53.1 Å². The SMILES string of the molecule is CC(NC(=O)C1CCN(Cc2nc(-c3ccc(Cl)cc3Cl)no2)CC1)c1ccccc1. The Morgan fingerprint density at radius 2 is 1.94 bits per heavy atom. The maximum absolute atomic E-state index is 12.7. The quantitative estimate of drug-likeness (QED) is 0.553. The van der Waals surface area contributed by atoms with Gasteiger partial charge in [0.05, 0.1) is 17.6 Å². The Morgan fingerprint density at radius 3 is 2.65 bits per heavy atom. The van der Waals surface area contributed by atoms with Gasteiger partial charge < -0.3 is 9.84 Å². The largest absolute Gasteiger partial charge is 0.349 e. The number of carbonyl (C=O) groups is 1. The number of aromatic nitrogens is 2. The zero-order valence-corrected chi connectivity index (χ0v) is 18.7. The summed E-state index contributed by atoms with van der Waals surface area (Å²) < 4.78 is 5.41. The molecule has 162 valence electrons. The average Bonchev–Trinajstić information content (AvgIpc) is 3.23. The molecule has 3 aromatic rings. The van der Waals surface area contributed by atoms with E-state index in [1.165, 1.54) is 0 Å². The van der Waals surface area contributed by atoms with Gasteiger partial charge in [0.2, 0.25) is 17.6 Å². The van der Waals surface area contributed by atoms with Crippen LogP contribution in [-0.2, 0) is 11.3 Å². The summed E-state index contributed by atoms with van der Waals surface area (Å²) in [4.78, 5) is 19.4. The third-order valence-corrected chi connectivity index (χ3v) is 6.16. The van der Waals surface area contributed by atoms with Gasteiger partial charge in [-0.3, -0.25) is 9.69 Å². The Labute approximate surface area is 191 Å². The van der Waals surface area contributed by atoms with E-state index in [2.05, 4.69) is 20.4 Å². The molecule has 31 heavy (non-hydrogen) atoms. The summed E-state index contributed by atoms with van der Waals surface area (Å²) in [5.74, 6) is 1.12. The van der Waals surface area contributed by atoms with Gasteiger partial charge in [-0.15, -0.1) is 0 Å². The predicted molar refractivity (Wildman–Crippen MR) is 121 cm³/mol. The van der Waals surface area contributed by atoms with Crippen molar-refractivity contribution in [3.05, 3.63) is 70.0 Å². The van der Waals surface area contributed by atoms with E-state index in [0.29, 0.717) is 33.9 Å². The highest BCUT2D eigenvalue weighted by atomic mass is 35.5. The fourth-order valence-electron chi connectivity index (χ4n) is 3.80. The predicted octanol–water partition coefficient (Wildman–Crippen LogP) is 5.13. The molecule has 1 amide bonds. The summed E-state index contributed by atoms with van der Waals surface area (Å²) >= 11 is 12.2. The first-order valence-electron chi connectivity index (χ1n) is 10.4. The van der Waals surface area contributed by atoms with E-state index < -0.39 is 0 Å². The van der Waals surface area contributed by atoms with Gasteiger partial charge >= 0.3 is 0 Å². The second-order valence-corrected chi connectivity index (χ2v) is 8.67. The molecule has 2 heterocycles. The Kier molecular flexibility index (Phi) is 6.90. The summed E-state index contributed by atoms with van der Waals surface area (Å²) in [5, 5.41) is 8.22. The van der Waals surface area contributed by atoms with Crippen molar-refractivity contribution in [2.45, 2.75) is 32.4 Å². The number of hydrogen-bond acceptors (Lipinski definition) is 5. The monoisotopic (exact) mass is 458 g/mol. The van der Waals surface area contributed by atoms with E-state index in [1.54, 1.807) is 18.2 Å². The normalized spacial score (nSPS) is 16.2. The van der Waals surface area contributed by atoms with Crippen molar-refractivity contribution in [1.29, 1.82) is 0 Å². The van der Waals surface area contributed by atoms with Crippen molar-refractivity contribution < 1.29 is 9.32 Å². The molecule has 1 fully saturated rings. The summed E-state index contributed by atoms with van der Waals surface area (Å²) in [6.45, 7) is 4.17. The third-order valence-electron chi connectivity index (χ3n) is 5.62. The maximum atomic E-state index is 12.7. The van der Waals surface area contributed by atoms with Crippen LogP contribution in [0.4, 0.5) is 0 Å². The number of piperidine rings is 1. The van der Waals surface area contributed by atoms with E-state index >= 15 is 0 Å². The number of amides is 1. The Morgan fingerprint density at radius 1 is 1.19 bits per heavy atom. The van der Waals surface area contributed by atoms with Gasteiger partial charge in [0.1, 0.15) is 0 Å². The molecule has 0 saturated carbocycles. The first kappa shape index (κ1) is 21.8. The molecular weight excluding hydrogens is 435 g/mol. The molecule has 1 saturated heterocycles. The Hall–Kier alpha value is -2.41. The van der Waals surface area contributed by atoms with Crippen LogP contribution in [0.25, 0.3) is 11.4 Å². The first-order valence-corrected chi connectivity index (χ1v) is 11.1. The molecule has 0 radical (unpaired) electrons. The number of hydrogen-bond donors (Lipinski definition) is 1. The van der Waals surface area contributed by atoms with Crippen molar-refractivity contribution in [3.8, 4) is 11.4 Å². The second-order valence-electron chi connectivity index (χ2n) is 7.83. The molecule has 0 bridgehead atoms. The van der Waals surface area contributed by atoms with Gasteiger partial charge in [-0.25, -0.2) is 0 Å². The Balaban J connectivity index is 1.28. The van der Waals surface area contributed by atoms with Gasteiger partial charge in [0.25, 0.3) is 0 Å². The zero-order valence-electron chi connectivity index (χ0n) is 17.2. The third kappa shape index (κ3) is 5.45. The molecule has 2 aromatic carbocycles. The molecule has 1 unspecified atom stereocenters. The number of benzene rings is 2. The number of nitrogens with zero attached hydrogens (tertiary/aromatic N) is 3. The minimum atomic E-state index is 0.00300. The van der Waals surface area contributed by atoms with E-state index in [9.17, 15) is 4.79 Å². The summed E-state index contributed by atoms with van der Waals surface area (Å²) in [6.07, 6.45) is 1.61. The van der Waals surface area contributed by atoms with E-state index in [-0.39, 0.29) is 17.9 Å². The number of likely N-dealkylation sites (tertiary alicyclic amines) is 1. The fourth-order valence-corrected chi connectivity index (χ4v) is 4.29. The molecule has 1 atom stereocenters. The lowest BCUT2D eigenvalue weighted by atomic mass is 9.95. The lowest BCUT2D eigenvalue weighted by Gasteiger charge is -2.30. The first-order chi connectivity index (χ1) is 15.0. The van der Waals surface area contributed by atoms with Crippen molar-refractivity contribution in [3.63, 3.8) is 0 Å². The molecule has 4 rings (SSSR count). The van der Waals surface area contributed by atoms with Crippen LogP contribution in [-0.4, -0.2) is 34.0 Å². The van der Waals surface area contributed by atoms with Crippen LogP contribution in [0, 0.1) is 5.92 Å². The topological polar surface area (TPSA) is 71.3 Å². The molecule has 0 spiro atoms. The number of carbonyl (C=O) groups excluding carboxylic acids is 1. The van der Waals surface area contributed by atoms with Gasteiger partial charge in [0.15, 0.2) is 0 Å². The maximum Gasteiger partial charge on any atom is 0.241 e. The molecule has 1 N–H and O–H groups in total. The molecule has 1 aliphatic heterocycles. The molecule has 1 aromatic heterocycles. The minimum absolute atomic E-state index is 0.00300. The van der Waals surface area contributed by atoms with Crippen molar-refractivity contribution in [2.24, 2.45) is 5.92 Å². The molecular formula is C23H24Cl2N4O2. The minimum Gasteiger partial charge on any atom is -0.349 e. The van der Waals surface area contributed by atoms with Gasteiger partial charge in [-0.1, -0.05) is 58.7 Å². The van der Waals surface area contributed by atoms with Crippen molar-refractivity contribution in [2.75, 3.05) is 13.1 Å². The zero-order chi connectivity index (χ0) is 21.8. The number of nitrogens with one attached hydrogen (secondary N) is 1. The van der Waals surface area contributed by atoms with Gasteiger partial charge in [-0.05, 0) is 56.6 Å². The lowest BCUT2D eigenvalue weighted by molar-refractivity contribution is -0.127. The smallest absolute Gasteiger partial charge is 0.241 e. The van der Waals surface area contributed by atoms with E-state index in [1.807, 2.05) is 37.3 Å². The van der Waals surface area contributed by atoms with Crippen molar-refractivity contribution >= 4 is 29.1 Å². The van der Waals surface area contributed by atoms with Crippen LogP contribution in [0.5, 0.6) is 0 Å². The molecule has 1 aliphatic rings. The van der Waals surface area contributed by atoms with Crippen LogP contribution in [0.2, 0.25) is 10.0 Å². The van der Waals surface area contributed by atoms with Crippen LogP contribution >= 0.6 is 23.2 Å². The van der Waals surface area contributed by atoms with Gasteiger partial charge in [0, 0.05) is 16.5 Å². The molecule has 8 heteroatoms. The second kappa shape index (κ2) is 9.81. The van der Waals surface area contributed by atoms with Crippen molar-refractivity contribution in [1.82, 2.24) is 20.4 Å². The standard InChI is InChI=1S/C23H24Cl2N4O2/c1-15(16-5-3-2-4-6-16)26-23(30)17-9-11-29(12-10-17)14-21-27-22(28-31-21)19-8-7-18(24)13-20(19)25/h2-8,13,15,17H,9-12,14H2,1H3,(H,26,30). The number of halogens is 2. The van der Waals surface area contributed by atoms with Gasteiger partial charge in [-0.2, -0.15) is 4.98 Å². The summed E-state index contributed by atoms with van der Waals surface area (Å²) in [5.41, 5.74) is 1.80. The molecule has 6 nitrogen and oxygen atoms in total. The lowest BCUT2D eigenvalue weighted by Crippen LogP contribution is -2.40. The fraction of sp³-hybridized carbons (Fsp3) is 0.348. The average molecular weight is 459 g/mol. The molecule has 0 aliphatic carbocycles. The van der Waals surface area contributed by atoms with Crippen LogP contribution in [0.1, 0.15) is 37.3 Å². The van der Waals surface area contributed by atoms with E-state index in [0.717, 1.165) is 31.5 Å². The highest BCUT2D eigenvalue weighted by Gasteiger charge is 2.27. The summed E-state index contributed by atoms with van der Waals surface area (Å²) in [7, 11) is 0. The Bertz CT molecular complexity index is 1030.